The third kappa shape index (κ3) is 4.10. The first-order valence-electron chi connectivity index (χ1n) is 6.78. The van der Waals surface area contributed by atoms with Crippen LogP contribution in [-0.4, -0.2) is 48.3 Å². The van der Waals surface area contributed by atoms with Crippen LogP contribution in [-0.2, 0) is 9.53 Å². The Morgan fingerprint density at radius 2 is 2.29 bits per heavy atom. The molecule has 2 heterocycles. The largest absolute Gasteiger partial charge is 0.469 e. The van der Waals surface area contributed by atoms with E-state index in [4.69, 9.17) is 4.74 Å². The van der Waals surface area contributed by atoms with Crippen molar-refractivity contribution in [3.05, 3.63) is 18.3 Å². The highest BCUT2D eigenvalue weighted by Gasteiger charge is 2.29. The number of hydrogen-bond donors (Lipinski definition) is 1. The van der Waals surface area contributed by atoms with Crippen molar-refractivity contribution >= 4 is 29.6 Å². The van der Waals surface area contributed by atoms with Gasteiger partial charge in [-0.15, -0.1) is 11.8 Å². The summed E-state index contributed by atoms with van der Waals surface area (Å²) in [7, 11) is 1.37. The molecule has 0 aromatic carbocycles. The van der Waals surface area contributed by atoms with E-state index in [1.165, 1.54) is 7.11 Å². The topological polar surface area (TPSA) is 71.5 Å². The van der Waals surface area contributed by atoms with Gasteiger partial charge in [-0.1, -0.05) is 0 Å². The number of piperidine rings is 1. The maximum absolute atomic E-state index is 12.2. The van der Waals surface area contributed by atoms with Gasteiger partial charge < -0.3 is 9.64 Å². The Kier molecular flexibility index (Phi) is 5.44. The van der Waals surface area contributed by atoms with E-state index in [0.717, 1.165) is 17.7 Å². The number of hydrogen-bond acceptors (Lipinski definition) is 5. The summed E-state index contributed by atoms with van der Waals surface area (Å²) in [5, 5.41) is 2.75. The Hall–Kier alpha value is -1.76. The van der Waals surface area contributed by atoms with Gasteiger partial charge in [0.1, 0.15) is 5.82 Å². The number of carbonyl (C=O) groups excluding carboxylic acids is 2. The molecular weight excluding hydrogens is 290 g/mol. The minimum absolute atomic E-state index is 0.229. The predicted molar refractivity (Wildman–Crippen MR) is 81.3 cm³/mol. The van der Waals surface area contributed by atoms with Crippen LogP contribution in [0.5, 0.6) is 0 Å². The van der Waals surface area contributed by atoms with Crippen molar-refractivity contribution < 1.29 is 14.3 Å². The van der Waals surface area contributed by atoms with E-state index in [1.807, 2.05) is 12.3 Å². The fourth-order valence-corrected chi connectivity index (χ4v) is 2.65. The highest BCUT2D eigenvalue weighted by molar-refractivity contribution is 7.98. The number of pyridine rings is 1. The number of aromatic nitrogens is 1. The van der Waals surface area contributed by atoms with Crippen molar-refractivity contribution in [2.24, 2.45) is 5.92 Å². The predicted octanol–water partition coefficient (Wildman–Crippen LogP) is 2.22. The molecule has 1 aromatic heterocycles. The van der Waals surface area contributed by atoms with Crippen LogP contribution < -0.4 is 5.32 Å². The number of carbonyl (C=O) groups is 2. The minimum Gasteiger partial charge on any atom is -0.469 e. The Morgan fingerprint density at radius 3 is 2.90 bits per heavy atom. The van der Waals surface area contributed by atoms with Gasteiger partial charge in [0.25, 0.3) is 0 Å². The number of esters is 1. The number of thioether (sulfide) groups is 1. The molecule has 0 saturated carbocycles. The summed E-state index contributed by atoms with van der Waals surface area (Å²) in [4.78, 5) is 30.6. The molecule has 0 radical (unpaired) electrons. The molecule has 2 rings (SSSR count). The van der Waals surface area contributed by atoms with Gasteiger partial charge in [-0.3, -0.25) is 10.1 Å². The molecule has 7 heteroatoms. The lowest BCUT2D eigenvalue weighted by Gasteiger charge is -2.31. The van der Waals surface area contributed by atoms with Gasteiger partial charge in [0.15, 0.2) is 0 Å². The second kappa shape index (κ2) is 7.31. The molecule has 2 amide bonds. The zero-order valence-corrected chi connectivity index (χ0v) is 13.0. The van der Waals surface area contributed by atoms with Gasteiger partial charge >= 0.3 is 12.0 Å². The quantitative estimate of drug-likeness (QED) is 0.685. The lowest BCUT2D eigenvalue weighted by atomic mass is 9.98. The molecule has 21 heavy (non-hydrogen) atoms. The lowest BCUT2D eigenvalue weighted by molar-refractivity contribution is -0.146. The molecule has 0 bridgehead atoms. The minimum atomic E-state index is -0.255. The van der Waals surface area contributed by atoms with Crippen molar-refractivity contribution in [1.82, 2.24) is 9.88 Å². The first-order valence-corrected chi connectivity index (χ1v) is 8.00. The molecule has 1 aliphatic rings. The monoisotopic (exact) mass is 309 g/mol. The molecule has 0 unspecified atom stereocenters. The van der Waals surface area contributed by atoms with Gasteiger partial charge in [0.2, 0.25) is 0 Å². The lowest BCUT2D eigenvalue weighted by Crippen LogP contribution is -2.44. The van der Waals surface area contributed by atoms with Gasteiger partial charge in [0, 0.05) is 24.2 Å². The fraction of sp³-hybridized carbons (Fsp3) is 0.500. The van der Waals surface area contributed by atoms with Crippen molar-refractivity contribution in [3.8, 4) is 0 Å². The van der Waals surface area contributed by atoms with Gasteiger partial charge in [-0.25, -0.2) is 9.78 Å². The standard InChI is InChI=1S/C14H19N3O3S/c1-20-13(18)10-4-3-7-17(9-10)14(19)16-12-6-5-11(21-2)8-15-12/h5-6,8,10H,3-4,7,9H2,1-2H3,(H,15,16,19)/t10-/m0/s1. The molecule has 114 valence electrons. The second-order valence-corrected chi connectivity index (χ2v) is 5.70. The molecule has 1 aliphatic heterocycles. The van der Waals surface area contributed by atoms with E-state index in [-0.39, 0.29) is 17.9 Å². The summed E-state index contributed by atoms with van der Waals surface area (Å²) in [6, 6.07) is 3.44. The Morgan fingerprint density at radius 1 is 1.48 bits per heavy atom. The van der Waals surface area contributed by atoms with Gasteiger partial charge in [-0.05, 0) is 31.2 Å². The van der Waals surface area contributed by atoms with Crippen molar-refractivity contribution in [2.75, 3.05) is 31.8 Å². The normalized spacial score (nSPS) is 18.2. The molecule has 1 atom stereocenters. The van der Waals surface area contributed by atoms with Crippen LogP contribution >= 0.6 is 11.8 Å². The summed E-state index contributed by atoms with van der Waals surface area (Å²) in [5.41, 5.74) is 0. The summed E-state index contributed by atoms with van der Waals surface area (Å²) in [5.74, 6) is 0.0225. The maximum Gasteiger partial charge on any atom is 0.323 e. The van der Waals surface area contributed by atoms with Crippen LogP contribution in [0.2, 0.25) is 0 Å². The van der Waals surface area contributed by atoms with Crippen molar-refractivity contribution in [2.45, 2.75) is 17.7 Å². The number of nitrogens with one attached hydrogen (secondary N) is 1. The molecule has 1 fully saturated rings. The SMILES string of the molecule is COC(=O)[C@H]1CCCN(C(=O)Nc2ccc(SC)cn2)C1. The summed E-state index contributed by atoms with van der Waals surface area (Å²) < 4.78 is 4.75. The fourth-order valence-electron chi connectivity index (χ4n) is 2.28. The second-order valence-electron chi connectivity index (χ2n) is 4.82. The van der Waals surface area contributed by atoms with Crippen molar-refractivity contribution in [1.29, 1.82) is 0 Å². The number of likely N-dealkylation sites (tertiary alicyclic amines) is 1. The number of urea groups is 1. The number of nitrogens with zero attached hydrogens (tertiary/aromatic N) is 2. The molecular formula is C14H19N3O3S. The third-order valence-corrected chi connectivity index (χ3v) is 4.16. The number of rotatable bonds is 3. The van der Waals surface area contributed by atoms with E-state index in [9.17, 15) is 9.59 Å². The third-order valence-electron chi connectivity index (χ3n) is 3.45. The average Bonchev–Trinajstić information content (AvgIpc) is 2.55. The van der Waals surface area contributed by atoms with E-state index in [0.29, 0.717) is 18.9 Å². The molecule has 6 nitrogen and oxygen atoms in total. The van der Waals surface area contributed by atoms with Crippen molar-refractivity contribution in [3.63, 3.8) is 0 Å². The maximum atomic E-state index is 12.2. The van der Waals surface area contributed by atoms with Crippen LogP contribution in [0.1, 0.15) is 12.8 Å². The molecule has 0 spiro atoms. The van der Waals surface area contributed by atoms with Crippen LogP contribution in [0.25, 0.3) is 0 Å². The summed E-state index contributed by atoms with van der Waals surface area (Å²) in [6.07, 6.45) is 5.24. The Labute approximate surface area is 128 Å². The number of methoxy groups -OCH3 is 1. The number of ether oxygens (including phenoxy) is 1. The molecule has 1 saturated heterocycles. The van der Waals surface area contributed by atoms with E-state index < -0.39 is 0 Å². The molecule has 1 N–H and O–H groups in total. The zero-order chi connectivity index (χ0) is 15.2. The van der Waals surface area contributed by atoms with Gasteiger partial charge in [-0.2, -0.15) is 0 Å². The van der Waals surface area contributed by atoms with Crippen LogP contribution in [0, 0.1) is 5.92 Å². The molecule has 0 aliphatic carbocycles. The Balaban J connectivity index is 1.94. The first-order chi connectivity index (χ1) is 10.1. The average molecular weight is 309 g/mol. The number of amides is 2. The van der Waals surface area contributed by atoms with Crippen LogP contribution in [0.4, 0.5) is 10.6 Å². The van der Waals surface area contributed by atoms with Gasteiger partial charge in [0.05, 0.1) is 13.0 Å². The Bertz CT molecular complexity index is 507. The number of anilines is 1. The summed E-state index contributed by atoms with van der Waals surface area (Å²) >= 11 is 1.59. The van der Waals surface area contributed by atoms with E-state index in [2.05, 4.69) is 10.3 Å². The van der Waals surface area contributed by atoms with Crippen LogP contribution in [0.3, 0.4) is 0 Å². The highest BCUT2D eigenvalue weighted by atomic mass is 32.2. The van der Waals surface area contributed by atoms with Crippen LogP contribution in [0.15, 0.2) is 23.2 Å². The smallest absolute Gasteiger partial charge is 0.323 e. The van der Waals surface area contributed by atoms with E-state index >= 15 is 0 Å². The summed E-state index contributed by atoms with van der Waals surface area (Å²) in [6.45, 7) is 1.03. The first kappa shape index (κ1) is 15.6. The van der Waals surface area contributed by atoms with E-state index in [1.54, 1.807) is 28.9 Å². The molecule has 1 aromatic rings. The zero-order valence-electron chi connectivity index (χ0n) is 12.2. The highest BCUT2D eigenvalue weighted by Crippen LogP contribution is 2.19.